The van der Waals surface area contributed by atoms with Crippen molar-refractivity contribution >= 4 is 41.0 Å². The molecule has 29 heavy (non-hydrogen) atoms. The number of benzene rings is 1. The Morgan fingerprint density at radius 3 is 2.41 bits per heavy atom. The summed E-state index contributed by atoms with van der Waals surface area (Å²) in [6.45, 7) is 2.73. The average molecular weight is 439 g/mol. The number of halogens is 2. The van der Waals surface area contributed by atoms with E-state index in [0.29, 0.717) is 37.9 Å². The number of nitrogens with zero attached hydrogens (tertiary/aromatic N) is 5. The molecule has 1 aliphatic heterocycles. The van der Waals surface area contributed by atoms with Crippen LogP contribution in [-0.4, -0.2) is 70.1 Å². The number of nitrogens with one attached hydrogen (secondary N) is 1. The van der Waals surface area contributed by atoms with Gasteiger partial charge in [0.1, 0.15) is 0 Å². The fraction of sp³-hybridized carbons (Fsp3) is 0.474. The van der Waals surface area contributed by atoms with Crippen LogP contribution in [0.5, 0.6) is 0 Å². The number of hydrogen-bond acceptors (Lipinski definition) is 5. The summed E-state index contributed by atoms with van der Waals surface area (Å²) in [4.78, 5) is 29.6. The number of rotatable bonds is 8. The zero-order chi connectivity index (χ0) is 20.6. The second kappa shape index (κ2) is 10.5. The first-order valence-electron chi connectivity index (χ1n) is 9.62. The number of piperidine rings is 1. The van der Waals surface area contributed by atoms with Gasteiger partial charge >= 0.3 is 5.56 Å². The molecule has 0 aliphatic carbocycles. The number of hydrogen-bond donors (Lipinski definition) is 1. The highest BCUT2D eigenvalue weighted by Gasteiger charge is 2.24. The highest BCUT2D eigenvalue weighted by Crippen LogP contribution is 2.15. The van der Waals surface area contributed by atoms with Gasteiger partial charge in [-0.2, -0.15) is 10.3 Å². The summed E-state index contributed by atoms with van der Waals surface area (Å²) in [5, 5.41) is 10.5. The molecule has 2 heterocycles. The van der Waals surface area contributed by atoms with Crippen molar-refractivity contribution in [3.05, 3.63) is 45.9 Å². The number of H-pyrrole nitrogens is 1. The van der Waals surface area contributed by atoms with Crippen molar-refractivity contribution in [1.29, 1.82) is 0 Å². The normalized spacial score (nSPS) is 14.5. The molecule has 0 atom stereocenters. The van der Waals surface area contributed by atoms with Gasteiger partial charge in [-0.15, -0.1) is 33.1 Å². The first-order chi connectivity index (χ1) is 14.1. The third-order valence-corrected chi connectivity index (χ3v) is 5.12. The number of aromatic amines is 1. The Balaban J connectivity index is 1.69. The summed E-state index contributed by atoms with van der Waals surface area (Å²) in [5.41, 5.74) is 1.13. The van der Waals surface area contributed by atoms with E-state index in [4.69, 9.17) is 23.2 Å². The molecule has 1 fully saturated rings. The van der Waals surface area contributed by atoms with Crippen LogP contribution in [0.4, 0.5) is 5.69 Å². The van der Waals surface area contributed by atoms with Gasteiger partial charge in [0, 0.05) is 43.6 Å². The lowest BCUT2D eigenvalue weighted by Crippen LogP contribution is -2.38. The van der Waals surface area contributed by atoms with Gasteiger partial charge < -0.3 is 9.80 Å². The predicted octanol–water partition coefficient (Wildman–Crippen LogP) is 2.36. The van der Waals surface area contributed by atoms with E-state index >= 15 is 0 Å². The molecule has 0 spiro atoms. The lowest BCUT2D eigenvalue weighted by atomic mass is 10.1. The minimum absolute atomic E-state index is 0.128. The van der Waals surface area contributed by atoms with Crippen LogP contribution >= 0.6 is 23.2 Å². The third-order valence-electron chi connectivity index (χ3n) is 4.79. The van der Waals surface area contributed by atoms with E-state index in [1.54, 1.807) is 4.90 Å². The standard InChI is InChI=1S/C19H24Cl2N6O2/c20-8-12-25(13-9-21)16-6-4-15(5-7-16)14-22-27-19(29)17(23-24-27)18(28)26-10-2-1-3-11-26/h4-7,14,24H,1-3,8-13H2. The number of carbonyl (C=O) groups is 1. The van der Waals surface area contributed by atoms with Crippen molar-refractivity contribution in [3.63, 3.8) is 0 Å². The molecule has 0 bridgehead atoms. The van der Waals surface area contributed by atoms with Gasteiger partial charge in [0.25, 0.3) is 5.91 Å². The summed E-state index contributed by atoms with van der Waals surface area (Å²) < 4.78 is 0. The van der Waals surface area contributed by atoms with E-state index in [0.717, 1.165) is 35.3 Å². The van der Waals surface area contributed by atoms with Crippen LogP contribution in [0.25, 0.3) is 0 Å². The molecule has 1 aliphatic rings. The predicted molar refractivity (Wildman–Crippen MR) is 116 cm³/mol. The molecular weight excluding hydrogens is 415 g/mol. The Kier molecular flexibility index (Phi) is 7.71. The van der Waals surface area contributed by atoms with Gasteiger partial charge in [-0.25, -0.2) is 0 Å². The summed E-state index contributed by atoms with van der Waals surface area (Å²) in [6.07, 6.45) is 4.54. The first kappa shape index (κ1) is 21.4. The van der Waals surface area contributed by atoms with Crippen LogP contribution in [0.3, 0.4) is 0 Å². The highest BCUT2D eigenvalue weighted by molar-refractivity contribution is 6.18. The molecule has 1 saturated heterocycles. The van der Waals surface area contributed by atoms with Gasteiger partial charge in [-0.1, -0.05) is 12.1 Å². The Morgan fingerprint density at radius 2 is 1.79 bits per heavy atom. The van der Waals surface area contributed by atoms with Gasteiger partial charge in [0.2, 0.25) is 5.69 Å². The number of amides is 1. The van der Waals surface area contributed by atoms with Gasteiger partial charge in [0.15, 0.2) is 0 Å². The Bertz CT molecular complexity index is 881. The Morgan fingerprint density at radius 1 is 1.14 bits per heavy atom. The summed E-state index contributed by atoms with van der Waals surface area (Å²) in [5.74, 6) is 0.686. The molecule has 0 unspecified atom stereocenters. The molecule has 0 radical (unpaired) electrons. The maximum Gasteiger partial charge on any atom is 0.320 e. The van der Waals surface area contributed by atoms with E-state index in [9.17, 15) is 9.59 Å². The number of alkyl halides is 2. The minimum atomic E-state index is -0.552. The van der Waals surface area contributed by atoms with Crippen molar-refractivity contribution in [2.45, 2.75) is 19.3 Å². The van der Waals surface area contributed by atoms with Crippen LogP contribution in [-0.2, 0) is 0 Å². The fourth-order valence-electron chi connectivity index (χ4n) is 3.22. The van der Waals surface area contributed by atoms with Crippen LogP contribution in [0.1, 0.15) is 35.3 Å². The third kappa shape index (κ3) is 5.39. The highest BCUT2D eigenvalue weighted by atomic mass is 35.5. The topological polar surface area (TPSA) is 86.6 Å². The second-order valence-corrected chi connectivity index (χ2v) is 7.49. The van der Waals surface area contributed by atoms with Crippen molar-refractivity contribution in [2.24, 2.45) is 5.10 Å². The molecule has 1 aromatic heterocycles. The summed E-state index contributed by atoms with van der Waals surface area (Å²) in [6, 6.07) is 7.66. The van der Waals surface area contributed by atoms with E-state index in [1.165, 1.54) is 6.21 Å². The Hall–Kier alpha value is -2.32. The first-order valence-corrected chi connectivity index (χ1v) is 10.7. The van der Waals surface area contributed by atoms with Gasteiger partial charge in [-0.3, -0.25) is 9.59 Å². The zero-order valence-electron chi connectivity index (χ0n) is 16.1. The van der Waals surface area contributed by atoms with Crippen molar-refractivity contribution in [2.75, 3.05) is 42.8 Å². The second-order valence-electron chi connectivity index (χ2n) is 6.73. The molecule has 156 valence electrons. The molecule has 1 amide bonds. The van der Waals surface area contributed by atoms with Crippen LogP contribution < -0.4 is 10.5 Å². The lowest BCUT2D eigenvalue weighted by molar-refractivity contribution is 0.0717. The smallest absolute Gasteiger partial charge is 0.320 e. The van der Waals surface area contributed by atoms with E-state index < -0.39 is 5.56 Å². The van der Waals surface area contributed by atoms with Gasteiger partial charge in [-0.05, 0) is 37.0 Å². The van der Waals surface area contributed by atoms with E-state index in [2.05, 4.69) is 20.3 Å². The van der Waals surface area contributed by atoms with Crippen molar-refractivity contribution in [3.8, 4) is 0 Å². The Labute approximate surface area is 179 Å². The molecule has 2 aromatic rings. The number of carbonyl (C=O) groups excluding carboxylic acids is 1. The fourth-order valence-corrected chi connectivity index (χ4v) is 3.63. The maximum atomic E-state index is 12.5. The molecule has 3 rings (SSSR count). The number of anilines is 1. The lowest BCUT2D eigenvalue weighted by Gasteiger charge is -2.25. The monoisotopic (exact) mass is 438 g/mol. The minimum Gasteiger partial charge on any atom is -0.369 e. The average Bonchev–Trinajstić information content (AvgIpc) is 3.13. The molecular formula is C19H24Cl2N6O2. The largest absolute Gasteiger partial charge is 0.369 e. The summed E-state index contributed by atoms with van der Waals surface area (Å²) in [7, 11) is 0. The number of aromatic nitrogens is 3. The van der Waals surface area contributed by atoms with Crippen LogP contribution in [0, 0.1) is 0 Å². The molecule has 1 N–H and O–H groups in total. The van der Waals surface area contributed by atoms with Gasteiger partial charge in [0.05, 0.1) is 6.21 Å². The van der Waals surface area contributed by atoms with E-state index in [-0.39, 0.29) is 11.6 Å². The molecule has 10 heteroatoms. The zero-order valence-corrected chi connectivity index (χ0v) is 17.6. The summed E-state index contributed by atoms with van der Waals surface area (Å²) >= 11 is 11.7. The maximum absolute atomic E-state index is 12.5. The van der Waals surface area contributed by atoms with E-state index in [1.807, 2.05) is 24.3 Å². The van der Waals surface area contributed by atoms with Crippen LogP contribution in [0.15, 0.2) is 34.2 Å². The molecule has 1 aromatic carbocycles. The van der Waals surface area contributed by atoms with Crippen molar-refractivity contribution < 1.29 is 4.79 Å². The van der Waals surface area contributed by atoms with Crippen LogP contribution in [0.2, 0.25) is 0 Å². The number of likely N-dealkylation sites (tertiary alicyclic amines) is 1. The molecule has 0 saturated carbocycles. The molecule has 8 nitrogen and oxygen atoms in total. The quantitative estimate of drug-likeness (QED) is 0.506. The van der Waals surface area contributed by atoms with Crippen molar-refractivity contribution in [1.82, 2.24) is 20.0 Å². The SMILES string of the molecule is O=C(c1n[nH]n(N=Cc2ccc(N(CCCl)CCCl)cc2)c1=O)N1CCCCC1.